The topological polar surface area (TPSA) is 55.1 Å². The standard InChI is InChI=1S/C11H19N5S/c1-7(2)9-5-17-11(14-9)13-8(3)10-15-12-6-16(10)4/h6-9H,5H2,1-4H3,(H,13,14). The van der Waals surface area contributed by atoms with Crippen molar-refractivity contribution in [1.29, 1.82) is 0 Å². The zero-order chi connectivity index (χ0) is 12.4. The predicted octanol–water partition coefficient (Wildman–Crippen LogP) is 1.59. The highest BCUT2D eigenvalue weighted by atomic mass is 32.2. The van der Waals surface area contributed by atoms with Gasteiger partial charge in [-0.05, 0) is 12.8 Å². The quantitative estimate of drug-likeness (QED) is 0.889. The maximum atomic E-state index is 4.68. The van der Waals surface area contributed by atoms with E-state index in [1.807, 2.05) is 11.6 Å². The van der Waals surface area contributed by atoms with Crippen LogP contribution in [0.1, 0.15) is 32.6 Å². The third-order valence-corrected chi connectivity index (χ3v) is 3.92. The predicted molar refractivity (Wildman–Crippen MR) is 71.1 cm³/mol. The van der Waals surface area contributed by atoms with Crippen LogP contribution in [0.3, 0.4) is 0 Å². The second-order valence-corrected chi connectivity index (χ2v) is 5.73. The molecule has 0 bridgehead atoms. The summed E-state index contributed by atoms with van der Waals surface area (Å²) in [5.74, 6) is 2.61. The van der Waals surface area contributed by atoms with E-state index >= 15 is 0 Å². The van der Waals surface area contributed by atoms with E-state index in [4.69, 9.17) is 0 Å². The molecule has 1 aromatic rings. The first kappa shape index (κ1) is 12.4. The molecule has 2 rings (SSSR count). The van der Waals surface area contributed by atoms with Crippen LogP contribution in [0.15, 0.2) is 11.3 Å². The van der Waals surface area contributed by atoms with E-state index < -0.39 is 0 Å². The molecule has 1 aliphatic heterocycles. The monoisotopic (exact) mass is 253 g/mol. The Hall–Kier alpha value is -1.04. The lowest BCUT2D eigenvalue weighted by molar-refractivity contribution is 0.540. The van der Waals surface area contributed by atoms with Gasteiger partial charge in [0.15, 0.2) is 11.0 Å². The van der Waals surface area contributed by atoms with Gasteiger partial charge in [-0.2, -0.15) is 0 Å². The average Bonchev–Trinajstić information content (AvgIpc) is 2.86. The molecule has 0 spiro atoms. The molecule has 94 valence electrons. The molecule has 0 aromatic carbocycles. The van der Waals surface area contributed by atoms with Crippen LogP contribution in [-0.4, -0.2) is 31.7 Å². The number of hydrogen-bond donors (Lipinski definition) is 1. The number of nitrogens with one attached hydrogen (secondary N) is 1. The molecule has 0 amide bonds. The fourth-order valence-electron chi connectivity index (χ4n) is 1.74. The highest BCUT2D eigenvalue weighted by molar-refractivity contribution is 8.14. The van der Waals surface area contributed by atoms with Crippen molar-refractivity contribution in [2.24, 2.45) is 18.0 Å². The lowest BCUT2D eigenvalue weighted by atomic mass is 10.1. The number of aromatic nitrogens is 3. The Morgan fingerprint density at radius 1 is 1.47 bits per heavy atom. The van der Waals surface area contributed by atoms with Gasteiger partial charge in [0.25, 0.3) is 0 Å². The number of nitrogens with zero attached hydrogens (tertiary/aromatic N) is 4. The number of hydrogen-bond acceptors (Lipinski definition) is 5. The van der Waals surface area contributed by atoms with Crippen LogP contribution in [-0.2, 0) is 7.05 Å². The SMILES string of the molecule is CC(NC1=NC(C(C)C)CS1)c1nncn1C. The normalized spacial score (nSPS) is 21.7. The van der Waals surface area contributed by atoms with Crippen molar-refractivity contribution in [2.75, 3.05) is 5.75 Å². The van der Waals surface area contributed by atoms with Gasteiger partial charge in [-0.3, -0.25) is 4.99 Å². The van der Waals surface area contributed by atoms with Crippen molar-refractivity contribution in [3.63, 3.8) is 0 Å². The zero-order valence-corrected chi connectivity index (χ0v) is 11.5. The summed E-state index contributed by atoms with van der Waals surface area (Å²) in [5, 5.41) is 12.4. The van der Waals surface area contributed by atoms with Gasteiger partial charge in [-0.25, -0.2) is 0 Å². The summed E-state index contributed by atoms with van der Waals surface area (Å²) >= 11 is 1.79. The Morgan fingerprint density at radius 2 is 2.24 bits per heavy atom. The first-order valence-electron chi connectivity index (χ1n) is 5.89. The summed E-state index contributed by atoms with van der Waals surface area (Å²) in [5.41, 5.74) is 0. The third kappa shape index (κ3) is 2.80. The van der Waals surface area contributed by atoms with Crippen molar-refractivity contribution >= 4 is 16.9 Å². The molecule has 2 unspecified atom stereocenters. The molecule has 1 aromatic heterocycles. The molecule has 6 heteroatoms. The molecule has 1 aliphatic rings. The zero-order valence-electron chi connectivity index (χ0n) is 10.7. The van der Waals surface area contributed by atoms with Crippen molar-refractivity contribution in [3.8, 4) is 0 Å². The molecule has 0 fully saturated rings. The minimum Gasteiger partial charge on any atom is -0.355 e. The number of aryl methyl sites for hydroxylation is 1. The van der Waals surface area contributed by atoms with Gasteiger partial charge in [0.2, 0.25) is 0 Å². The van der Waals surface area contributed by atoms with Gasteiger partial charge in [0, 0.05) is 12.8 Å². The smallest absolute Gasteiger partial charge is 0.157 e. The van der Waals surface area contributed by atoms with E-state index in [1.54, 1.807) is 18.1 Å². The second kappa shape index (κ2) is 5.08. The number of rotatable bonds is 3. The maximum absolute atomic E-state index is 4.68. The van der Waals surface area contributed by atoms with Crippen molar-refractivity contribution < 1.29 is 0 Å². The van der Waals surface area contributed by atoms with Crippen LogP contribution >= 0.6 is 11.8 Å². The third-order valence-electron chi connectivity index (χ3n) is 2.92. The summed E-state index contributed by atoms with van der Waals surface area (Å²) in [4.78, 5) is 4.68. The van der Waals surface area contributed by atoms with Gasteiger partial charge in [-0.1, -0.05) is 25.6 Å². The first-order chi connectivity index (χ1) is 8.08. The van der Waals surface area contributed by atoms with Crippen molar-refractivity contribution in [2.45, 2.75) is 32.9 Å². The van der Waals surface area contributed by atoms with Gasteiger partial charge in [-0.15, -0.1) is 10.2 Å². The molecule has 0 saturated heterocycles. The summed E-state index contributed by atoms with van der Waals surface area (Å²) < 4.78 is 1.93. The second-order valence-electron chi connectivity index (χ2n) is 4.72. The minimum atomic E-state index is 0.139. The van der Waals surface area contributed by atoms with E-state index in [2.05, 4.69) is 41.3 Å². The van der Waals surface area contributed by atoms with E-state index in [0.717, 1.165) is 16.7 Å². The lowest BCUT2D eigenvalue weighted by Crippen LogP contribution is -2.25. The fraction of sp³-hybridized carbons (Fsp3) is 0.727. The van der Waals surface area contributed by atoms with Crippen LogP contribution in [0.4, 0.5) is 0 Å². The van der Waals surface area contributed by atoms with Crippen LogP contribution in [0.25, 0.3) is 0 Å². The Balaban J connectivity index is 1.99. The van der Waals surface area contributed by atoms with E-state index in [0.29, 0.717) is 12.0 Å². The van der Waals surface area contributed by atoms with Crippen LogP contribution < -0.4 is 5.32 Å². The molecule has 1 N–H and O–H groups in total. The molecule has 0 radical (unpaired) electrons. The number of amidine groups is 1. The van der Waals surface area contributed by atoms with Crippen molar-refractivity contribution in [3.05, 3.63) is 12.2 Å². The molecule has 0 aliphatic carbocycles. The maximum Gasteiger partial charge on any atom is 0.157 e. The highest BCUT2D eigenvalue weighted by Gasteiger charge is 2.23. The Bertz CT molecular complexity index is 412. The van der Waals surface area contributed by atoms with E-state index in [1.165, 1.54) is 0 Å². The van der Waals surface area contributed by atoms with Crippen molar-refractivity contribution in [1.82, 2.24) is 20.1 Å². The first-order valence-corrected chi connectivity index (χ1v) is 6.87. The number of aliphatic imine (C=N–C) groups is 1. The summed E-state index contributed by atoms with van der Waals surface area (Å²) in [6.07, 6.45) is 1.72. The van der Waals surface area contributed by atoms with Gasteiger partial charge < -0.3 is 9.88 Å². The summed E-state index contributed by atoms with van der Waals surface area (Å²) in [6.45, 7) is 6.50. The Morgan fingerprint density at radius 3 is 2.76 bits per heavy atom. The number of thioether (sulfide) groups is 1. The largest absolute Gasteiger partial charge is 0.355 e. The summed E-state index contributed by atoms with van der Waals surface area (Å²) in [7, 11) is 1.95. The van der Waals surface area contributed by atoms with Gasteiger partial charge in [0.05, 0.1) is 12.1 Å². The highest BCUT2D eigenvalue weighted by Crippen LogP contribution is 2.23. The molecule has 17 heavy (non-hydrogen) atoms. The molecular formula is C11H19N5S. The Labute approximate surface area is 106 Å². The fourth-order valence-corrected chi connectivity index (χ4v) is 3.00. The van der Waals surface area contributed by atoms with Crippen LogP contribution in [0.5, 0.6) is 0 Å². The minimum absolute atomic E-state index is 0.139. The van der Waals surface area contributed by atoms with Gasteiger partial charge in [0.1, 0.15) is 6.33 Å². The van der Waals surface area contributed by atoms with Gasteiger partial charge >= 0.3 is 0 Å². The van der Waals surface area contributed by atoms with Crippen LogP contribution in [0.2, 0.25) is 0 Å². The molecule has 2 heterocycles. The van der Waals surface area contributed by atoms with E-state index in [-0.39, 0.29) is 6.04 Å². The molecule has 5 nitrogen and oxygen atoms in total. The summed E-state index contributed by atoms with van der Waals surface area (Å²) in [6, 6.07) is 0.578. The average molecular weight is 253 g/mol. The molecule has 2 atom stereocenters. The lowest BCUT2D eigenvalue weighted by Gasteiger charge is -2.13. The molecular weight excluding hydrogens is 234 g/mol. The van der Waals surface area contributed by atoms with E-state index in [9.17, 15) is 0 Å². The van der Waals surface area contributed by atoms with Crippen LogP contribution in [0, 0.1) is 5.92 Å². The Kier molecular flexibility index (Phi) is 3.71. The molecule has 0 saturated carbocycles.